The van der Waals surface area contributed by atoms with E-state index in [9.17, 15) is 9.59 Å². The third-order valence-corrected chi connectivity index (χ3v) is 3.25. The van der Waals surface area contributed by atoms with Gasteiger partial charge in [0, 0.05) is 31.4 Å². The van der Waals surface area contributed by atoms with Gasteiger partial charge in [-0.05, 0) is 26.0 Å². The van der Waals surface area contributed by atoms with Crippen LogP contribution >= 0.6 is 0 Å². The van der Waals surface area contributed by atoms with Crippen LogP contribution in [0.15, 0.2) is 23.0 Å². The van der Waals surface area contributed by atoms with Crippen molar-refractivity contribution in [3.05, 3.63) is 34.2 Å². The predicted molar refractivity (Wildman–Crippen MR) is 69.5 cm³/mol. The lowest BCUT2D eigenvalue weighted by molar-refractivity contribution is -0.131. The summed E-state index contributed by atoms with van der Waals surface area (Å²) in [5, 5.41) is 3.26. The summed E-state index contributed by atoms with van der Waals surface area (Å²) in [6, 6.07) is 5.05. The Hall–Kier alpha value is -1.62. The van der Waals surface area contributed by atoms with E-state index in [1.165, 1.54) is 10.6 Å². The lowest BCUT2D eigenvalue weighted by atomic mass is 10.3. The number of carbonyl (C=O) groups excluding carboxylic acids is 1. The zero-order chi connectivity index (χ0) is 13.0. The number of amides is 1. The normalized spacial score (nSPS) is 16.4. The second kappa shape index (κ2) is 5.82. The number of carbonyl (C=O) groups is 1. The van der Waals surface area contributed by atoms with Crippen molar-refractivity contribution in [1.82, 2.24) is 14.8 Å². The Balaban J connectivity index is 2.08. The van der Waals surface area contributed by atoms with Gasteiger partial charge >= 0.3 is 0 Å². The fourth-order valence-electron chi connectivity index (χ4n) is 2.16. The standard InChI is InChI=1S/C13H19N3O2/c1-11-4-2-5-12(17)16(11)10-13(18)15-8-3-6-14-7-9-15/h2,4-5,14H,3,6-10H2,1H3. The molecular weight excluding hydrogens is 230 g/mol. The second-order valence-corrected chi connectivity index (χ2v) is 4.58. The average molecular weight is 249 g/mol. The van der Waals surface area contributed by atoms with Crippen LogP contribution in [0.5, 0.6) is 0 Å². The topological polar surface area (TPSA) is 54.3 Å². The van der Waals surface area contributed by atoms with Gasteiger partial charge in [0.25, 0.3) is 5.56 Å². The summed E-state index contributed by atoms with van der Waals surface area (Å²) < 4.78 is 1.53. The van der Waals surface area contributed by atoms with Crippen LogP contribution in [-0.2, 0) is 11.3 Å². The number of aromatic nitrogens is 1. The first-order valence-corrected chi connectivity index (χ1v) is 6.33. The van der Waals surface area contributed by atoms with Crippen LogP contribution in [0.4, 0.5) is 0 Å². The van der Waals surface area contributed by atoms with E-state index in [2.05, 4.69) is 5.32 Å². The first-order valence-electron chi connectivity index (χ1n) is 6.33. The molecule has 98 valence electrons. The van der Waals surface area contributed by atoms with Crippen LogP contribution < -0.4 is 10.9 Å². The van der Waals surface area contributed by atoms with Crippen molar-refractivity contribution in [3.63, 3.8) is 0 Å². The van der Waals surface area contributed by atoms with Gasteiger partial charge in [-0.15, -0.1) is 0 Å². The maximum atomic E-state index is 12.2. The summed E-state index contributed by atoms with van der Waals surface area (Å²) in [5.74, 6) is 0.0232. The lowest BCUT2D eigenvalue weighted by Crippen LogP contribution is -2.38. The zero-order valence-corrected chi connectivity index (χ0v) is 10.7. The minimum absolute atomic E-state index is 0.0232. The molecule has 1 aromatic heterocycles. The molecule has 0 spiro atoms. The van der Waals surface area contributed by atoms with Gasteiger partial charge in [0.05, 0.1) is 0 Å². The van der Waals surface area contributed by atoms with E-state index in [1.807, 2.05) is 17.9 Å². The Morgan fingerprint density at radius 2 is 2.17 bits per heavy atom. The van der Waals surface area contributed by atoms with E-state index >= 15 is 0 Å². The summed E-state index contributed by atoms with van der Waals surface area (Å²) in [7, 11) is 0. The molecule has 0 atom stereocenters. The van der Waals surface area contributed by atoms with Crippen LogP contribution in [0.3, 0.4) is 0 Å². The number of hydrogen-bond donors (Lipinski definition) is 1. The summed E-state index contributed by atoms with van der Waals surface area (Å²) >= 11 is 0. The van der Waals surface area contributed by atoms with Crippen molar-refractivity contribution in [2.24, 2.45) is 0 Å². The fraction of sp³-hybridized carbons (Fsp3) is 0.538. The quantitative estimate of drug-likeness (QED) is 0.801. The molecular formula is C13H19N3O2. The van der Waals surface area contributed by atoms with E-state index in [4.69, 9.17) is 0 Å². The lowest BCUT2D eigenvalue weighted by Gasteiger charge is -2.21. The first kappa shape index (κ1) is 12.8. The Labute approximate surface area is 106 Å². The Morgan fingerprint density at radius 1 is 1.33 bits per heavy atom. The molecule has 1 fully saturated rings. The highest BCUT2D eigenvalue weighted by Crippen LogP contribution is 2.00. The molecule has 1 aliphatic rings. The van der Waals surface area contributed by atoms with E-state index in [0.717, 1.165) is 38.3 Å². The van der Waals surface area contributed by atoms with Crippen molar-refractivity contribution in [2.75, 3.05) is 26.2 Å². The molecule has 1 amide bonds. The minimum Gasteiger partial charge on any atom is -0.340 e. The van der Waals surface area contributed by atoms with Crippen molar-refractivity contribution in [3.8, 4) is 0 Å². The molecule has 1 saturated heterocycles. The summed E-state index contributed by atoms with van der Waals surface area (Å²) in [6.07, 6.45) is 0.967. The third kappa shape index (κ3) is 2.98. The molecule has 0 aromatic carbocycles. The highest BCUT2D eigenvalue weighted by Gasteiger charge is 2.16. The number of hydrogen-bond acceptors (Lipinski definition) is 3. The van der Waals surface area contributed by atoms with Crippen LogP contribution in [0.2, 0.25) is 0 Å². The molecule has 2 rings (SSSR count). The van der Waals surface area contributed by atoms with Gasteiger partial charge in [0.15, 0.2) is 0 Å². The Bertz CT molecular complexity index is 473. The van der Waals surface area contributed by atoms with Crippen LogP contribution in [0, 0.1) is 6.92 Å². The molecule has 0 bridgehead atoms. The highest BCUT2D eigenvalue weighted by molar-refractivity contribution is 5.76. The second-order valence-electron chi connectivity index (χ2n) is 4.58. The van der Waals surface area contributed by atoms with Gasteiger partial charge in [0.1, 0.15) is 6.54 Å². The van der Waals surface area contributed by atoms with E-state index < -0.39 is 0 Å². The molecule has 1 aromatic rings. The van der Waals surface area contributed by atoms with Crippen molar-refractivity contribution in [2.45, 2.75) is 19.9 Å². The van der Waals surface area contributed by atoms with E-state index in [-0.39, 0.29) is 18.0 Å². The molecule has 2 heterocycles. The van der Waals surface area contributed by atoms with Crippen LogP contribution in [0.25, 0.3) is 0 Å². The van der Waals surface area contributed by atoms with Gasteiger partial charge in [-0.3, -0.25) is 9.59 Å². The maximum Gasteiger partial charge on any atom is 0.251 e. The number of rotatable bonds is 2. The molecule has 0 saturated carbocycles. The zero-order valence-electron chi connectivity index (χ0n) is 10.7. The summed E-state index contributed by atoms with van der Waals surface area (Å²) in [6.45, 7) is 5.26. The number of nitrogens with zero attached hydrogens (tertiary/aromatic N) is 2. The van der Waals surface area contributed by atoms with E-state index in [1.54, 1.807) is 6.07 Å². The summed E-state index contributed by atoms with van der Waals surface area (Å²) in [5.41, 5.74) is 0.708. The Morgan fingerprint density at radius 3 is 2.94 bits per heavy atom. The molecule has 0 radical (unpaired) electrons. The first-order chi connectivity index (χ1) is 8.68. The smallest absolute Gasteiger partial charge is 0.251 e. The summed E-state index contributed by atoms with van der Waals surface area (Å²) in [4.78, 5) is 25.7. The highest BCUT2D eigenvalue weighted by atomic mass is 16.2. The fourth-order valence-corrected chi connectivity index (χ4v) is 2.16. The maximum absolute atomic E-state index is 12.2. The molecule has 5 heteroatoms. The van der Waals surface area contributed by atoms with E-state index in [0.29, 0.717) is 0 Å². The van der Waals surface area contributed by atoms with Crippen LogP contribution in [0.1, 0.15) is 12.1 Å². The molecule has 18 heavy (non-hydrogen) atoms. The molecule has 5 nitrogen and oxygen atoms in total. The predicted octanol–water partition coefficient (Wildman–Crippen LogP) is -0.0214. The minimum atomic E-state index is -0.115. The number of aryl methyl sites for hydroxylation is 1. The monoisotopic (exact) mass is 249 g/mol. The molecule has 0 aliphatic carbocycles. The SMILES string of the molecule is Cc1cccc(=O)n1CC(=O)N1CCCNCC1. The molecule has 1 aliphatic heterocycles. The molecule has 1 N–H and O–H groups in total. The number of pyridine rings is 1. The van der Waals surface area contributed by atoms with Gasteiger partial charge in [-0.25, -0.2) is 0 Å². The van der Waals surface area contributed by atoms with Crippen molar-refractivity contribution in [1.29, 1.82) is 0 Å². The van der Waals surface area contributed by atoms with Gasteiger partial charge in [-0.1, -0.05) is 6.07 Å². The number of nitrogens with one attached hydrogen (secondary N) is 1. The van der Waals surface area contributed by atoms with Crippen molar-refractivity contribution >= 4 is 5.91 Å². The third-order valence-electron chi connectivity index (χ3n) is 3.25. The van der Waals surface area contributed by atoms with Gasteiger partial charge < -0.3 is 14.8 Å². The molecule has 0 unspecified atom stereocenters. The van der Waals surface area contributed by atoms with Crippen molar-refractivity contribution < 1.29 is 4.79 Å². The van der Waals surface area contributed by atoms with Crippen LogP contribution in [-0.4, -0.2) is 41.6 Å². The van der Waals surface area contributed by atoms with Gasteiger partial charge in [0.2, 0.25) is 5.91 Å². The Kier molecular flexibility index (Phi) is 4.15. The van der Waals surface area contributed by atoms with Gasteiger partial charge in [-0.2, -0.15) is 0 Å². The largest absolute Gasteiger partial charge is 0.340 e. The average Bonchev–Trinajstić information content (AvgIpc) is 2.62.